The van der Waals surface area contributed by atoms with Crippen LogP contribution in [0.5, 0.6) is 0 Å². The van der Waals surface area contributed by atoms with Gasteiger partial charge < -0.3 is 14.8 Å². The summed E-state index contributed by atoms with van der Waals surface area (Å²) in [5.74, 6) is -3.70. The van der Waals surface area contributed by atoms with Gasteiger partial charge in [-0.1, -0.05) is 58.8 Å². The van der Waals surface area contributed by atoms with Crippen LogP contribution in [-0.4, -0.2) is 67.2 Å². The summed E-state index contributed by atoms with van der Waals surface area (Å²) in [6.07, 6.45) is 4.41. The maximum Gasteiger partial charge on any atom is 0.452 e. The highest BCUT2D eigenvalue weighted by atomic mass is 19.4. The molecule has 208 valence electrons. The summed E-state index contributed by atoms with van der Waals surface area (Å²) >= 11 is 0. The molecule has 1 rings (SSSR count). The van der Waals surface area contributed by atoms with Gasteiger partial charge in [-0.05, 0) is 31.6 Å². The van der Waals surface area contributed by atoms with E-state index in [0.717, 1.165) is 51.4 Å². The second kappa shape index (κ2) is 16.4. The molecule has 0 aromatic heterocycles. The molecule has 2 amide bonds. The summed E-state index contributed by atoms with van der Waals surface area (Å²) in [6, 6.07) is -2.65. The summed E-state index contributed by atoms with van der Waals surface area (Å²) in [6.45, 7) is 3.32. The van der Waals surface area contributed by atoms with Crippen molar-refractivity contribution in [2.75, 3.05) is 20.3 Å². The Hall–Kier alpha value is -2.33. The lowest BCUT2D eigenvalue weighted by atomic mass is 9.98. The lowest BCUT2D eigenvalue weighted by Gasteiger charge is -2.27. The molecule has 1 unspecified atom stereocenters. The van der Waals surface area contributed by atoms with E-state index in [1.54, 1.807) is 0 Å². The van der Waals surface area contributed by atoms with E-state index in [0.29, 0.717) is 25.7 Å². The lowest BCUT2D eigenvalue weighted by Crippen LogP contribution is -2.55. The smallest absolute Gasteiger partial charge is 0.452 e. The highest BCUT2D eigenvalue weighted by molar-refractivity contribution is 5.95. The number of likely N-dealkylation sites (tertiary alicyclic amines) is 1. The highest BCUT2D eigenvalue weighted by Crippen LogP contribution is 2.23. The summed E-state index contributed by atoms with van der Waals surface area (Å²) in [5.41, 5.74) is 0. The van der Waals surface area contributed by atoms with Gasteiger partial charge in [0, 0.05) is 13.0 Å². The van der Waals surface area contributed by atoms with E-state index in [1.807, 2.05) is 0 Å². The zero-order chi connectivity index (χ0) is 27.1. The Morgan fingerprint density at radius 3 is 2.03 bits per heavy atom. The number of halogens is 3. The monoisotopic (exact) mass is 522 g/mol. The molecular weight excluding hydrogens is 481 g/mol. The lowest BCUT2D eigenvalue weighted by molar-refractivity contribution is -0.175. The Morgan fingerprint density at radius 2 is 1.50 bits per heavy atom. The van der Waals surface area contributed by atoms with E-state index in [-0.39, 0.29) is 19.1 Å². The van der Waals surface area contributed by atoms with Gasteiger partial charge in [-0.25, -0.2) is 4.79 Å². The van der Waals surface area contributed by atoms with Crippen LogP contribution in [0.15, 0.2) is 0 Å². The highest BCUT2D eigenvalue weighted by Gasteiger charge is 2.46. The first-order valence-electron chi connectivity index (χ1n) is 12.9. The third-order valence-corrected chi connectivity index (χ3v) is 6.29. The van der Waals surface area contributed by atoms with Crippen LogP contribution in [0.3, 0.4) is 0 Å². The van der Waals surface area contributed by atoms with Crippen LogP contribution >= 0.6 is 0 Å². The van der Waals surface area contributed by atoms with Gasteiger partial charge in [0.05, 0.1) is 19.8 Å². The van der Waals surface area contributed by atoms with Crippen LogP contribution in [0.4, 0.5) is 18.0 Å². The number of ketones is 1. The number of nitrogens with zero attached hydrogens (tertiary/aromatic N) is 1. The number of nitrogens with one attached hydrogen (secondary N) is 1. The number of carbonyl (C=O) groups excluding carboxylic acids is 4. The van der Waals surface area contributed by atoms with Crippen LogP contribution in [0.1, 0.15) is 90.9 Å². The van der Waals surface area contributed by atoms with E-state index >= 15 is 0 Å². The first-order valence-corrected chi connectivity index (χ1v) is 12.9. The molecule has 0 aromatic rings. The van der Waals surface area contributed by atoms with E-state index in [1.165, 1.54) is 25.9 Å². The average molecular weight is 523 g/mol. The fourth-order valence-corrected chi connectivity index (χ4v) is 4.17. The van der Waals surface area contributed by atoms with Crippen molar-refractivity contribution < 1.29 is 41.8 Å². The topological polar surface area (TPSA) is 102 Å². The molecule has 36 heavy (non-hydrogen) atoms. The van der Waals surface area contributed by atoms with Gasteiger partial charge in [-0.3, -0.25) is 19.3 Å². The van der Waals surface area contributed by atoms with E-state index in [2.05, 4.69) is 10.1 Å². The number of alkyl halides is 3. The van der Waals surface area contributed by atoms with E-state index < -0.39 is 42.0 Å². The predicted molar refractivity (Wildman–Crippen MR) is 127 cm³/mol. The van der Waals surface area contributed by atoms with Gasteiger partial charge in [-0.2, -0.15) is 13.2 Å². The van der Waals surface area contributed by atoms with Crippen molar-refractivity contribution >= 4 is 23.8 Å². The van der Waals surface area contributed by atoms with Gasteiger partial charge >= 0.3 is 18.2 Å². The van der Waals surface area contributed by atoms with Crippen molar-refractivity contribution in [3.8, 4) is 0 Å². The largest absolute Gasteiger partial charge is 0.469 e. The number of amides is 2. The number of unbranched alkanes of at least 4 members (excludes halogenated alkanes) is 8. The standard InChI is InChI=1S/C25H41F3N2O6/c1-18(2)21(22(32)25(26,27)28)29-23(33)19-14-13-16-30(19)24(34)36-17-12-10-8-6-4-5-7-9-11-15-20(31)35-3/h18-19,21H,4-17H2,1-3H3,(H,29,33)/t19-,21?/m0/s1. The van der Waals surface area contributed by atoms with Crippen molar-refractivity contribution in [2.24, 2.45) is 5.92 Å². The molecule has 1 N–H and O–H groups in total. The molecule has 0 saturated carbocycles. The molecule has 0 radical (unpaired) electrons. The Balaban J connectivity index is 2.26. The maximum atomic E-state index is 12.9. The van der Waals surface area contributed by atoms with Crippen LogP contribution in [0.25, 0.3) is 0 Å². The number of esters is 1. The summed E-state index contributed by atoms with van der Waals surface area (Å²) in [4.78, 5) is 49.0. The minimum atomic E-state index is -5.05. The van der Waals surface area contributed by atoms with Crippen LogP contribution in [0, 0.1) is 5.92 Å². The number of carbonyl (C=O) groups is 4. The number of rotatable bonds is 16. The molecule has 8 nitrogen and oxygen atoms in total. The molecule has 2 atom stereocenters. The van der Waals surface area contributed by atoms with Gasteiger partial charge in [-0.15, -0.1) is 0 Å². The molecule has 0 aliphatic carbocycles. The quantitative estimate of drug-likeness (QED) is 0.228. The Labute approximate surface area is 211 Å². The zero-order valence-electron chi connectivity index (χ0n) is 21.7. The summed E-state index contributed by atoms with van der Waals surface area (Å²) in [7, 11) is 1.39. The molecule has 11 heteroatoms. The summed E-state index contributed by atoms with van der Waals surface area (Å²) < 4.78 is 48.5. The van der Waals surface area contributed by atoms with Crippen LogP contribution < -0.4 is 5.32 Å². The second-order valence-electron chi connectivity index (χ2n) is 9.57. The fourth-order valence-electron chi connectivity index (χ4n) is 4.17. The number of ether oxygens (including phenoxy) is 2. The first-order chi connectivity index (χ1) is 17.0. The minimum Gasteiger partial charge on any atom is -0.469 e. The molecule has 1 aliphatic rings. The number of Topliss-reactive ketones (excluding diaryl/α,β-unsaturated/α-hetero) is 1. The maximum absolute atomic E-state index is 12.9. The molecular formula is C25H41F3N2O6. The minimum absolute atomic E-state index is 0.170. The van der Waals surface area contributed by atoms with Crippen molar-refractivity contribution in [3.63, 3.8) is 0 Å². The van der Waals surface area contributed by atoms with Gasteiger partial charge in [0.2, 0.25) is 5.91 Å². The fraction of sp³-hybridized carbons (Fsp3) is 0.840. The van der Waals surface area contributed by atoms with Crippen molar-refractivity contribution in [2.45, 2.75) is 109 Å². The van der Waals surface area contributed by atoms with Crippen molar-refractivity contribution in [1.82, 2.24) is 10.2 Å². The first kappa shape index (κ1) is 31.7. The third-order valence-electron chi connectivity index (χ3n) is 6.29. The van der Waals surface area contributed by atoms with Crippen LogP contribution in [-0.2, 0) is 23.9 Å². The Morgan fingerprint density at radius 1 is 0.944 bits per heavy atom. The molecule has 1 saturated heterocycles. The van der Waals surface area contributed by atoms with Gasteiger partial charge in [0.1, 0.15) is 6.04 Å². The third kappa shape index (κ3) is 11.6. The molecule has 1 aliphatic heterocycles. The van der Waals surface area contributed by atoms with E-state index in [4.69, 9.17) is 4.74 Å². The van der Waals surface area contributed by atoms with E-state index in [9.17, 15) is 32.3 Å². The SMILES string of the molecule is COC(=O)CCCCCCCCCCCOC(=O)N1CCC[C@H]1C(=O)NC(C(=O)C(F)(F)F)C(C)C. The normalized spacial score (nSPS) is 16.6. The average Bonchev–Trinajstić information content (AvgIpc) is 3.31. The van der Waals surface area contributed by atoms with Crippen molar-refractivity contribution in [3.05, 3.63) is 0 Å². The molecule has 0 bridgehead atoms. The number of hydrogen-bond acceptors (Lipinski definition) is 6. The molecule has 0 spiro atoms. The zero-order valence-corrected chi connectivity index (χ0v) is 21.7. The predicted octanol–water partition coefficient (Wildman–Crippen LogP) is 4.93. The van der Waals surface area contributed by atoms with Crippen molar-refractivity contribution in [1.29, 1.82) is 0 Å². The molecule has 1 fully saturated rings. The molecule has 0 aromatic carbocycles. The second-order valence-corrected chi connectivity index (χ2v) is 9.57. The number of methoxy groups -OCH3 is 1. The van der Waals surface area contributed by atoms with Gasteiger partial charge in [0.25, 0.3) is 5.78 Å². The summed E-state index contributed by atoms with van der Waals surface area (Å²) in [5, 5.41) is 2.19. The number of hydrogen-bond donors (Lipinski definition) is 1. The Kier molecular flexibility index (Phi) is 14.5. The molecule has 1 heterocycles. The van der Waals surface area contributed by atoms with Gasteiger partial charge in [0.15, 0.2) is 0 Å². The van der Waals surface area contributed by atoms with Crippen LogP contribution in [0.2, 0.25) is 0 Å². The Bertz CT molecular complexity index is 714.